The molecule has 2 aromatic carbocycles. The van der Waals surface area contributed by atoms with Crippen LogP contribution in [-0.4, -0.2) is 49.4 Å². The summed E-state index contributed by atoms with van der Waals surface area (Å²) in [6, 6.07) is 16.9. The number of para-hydroxylation sites is 1. The molecule has 136 valence electrons. The summed E-state index contributed by atoms with van der Waals surface area (Å²) >= 11 is 5.81. The predicted molar refractivity (Wildman–Crippen MR) is 104 cm³/mol. The third kappa shape index (κ3) is 4.76. The molecule has 1 aliphatic rings. The number of hydrogen-bond acceptors (Lipinski definition) is 3. The van der Waals surface area contributed by atoms with Crippen LogP contribution in [0.2, 0.25) is 5.02 Å². The van der Waals surface area contributed by atoms with Gasteiger partial charge in [-0.1, -0.05) is 29.8 Å². The van der Waals surface area contributed by atoms with Crippen molar-refractivity contribution in [1.29, 1.82) is 0 Å². The van der Waals surface area contributed by atoms with Gasteiger partial charge in [0.25, 0.3) is 5.91 Å². The van der Waals surface area contributed by atoms with E-state index in [0.29, 0.717) is 36.6 Å². The van der Waals surface area contributed by atoms with Gasteiger partial charge in [0.15, 0.2) is 0 Å². The topological polar surface area (TPSA) is 52.7 Å². The zero-order valence-electron chi connectivity index (χ0n) is 14.5. The van der Waals surface area contributed by atoms with Crippen LogP contribution in [0.15, 0.2) is 54.6 Å². The van der Waals surface area contributed by atoms with E-state index in [1.54, 1.807) is 24.3 Å². The average molecular weight is 372 g/mol. The van der Waals surface area contributed by atoms with Gasteiger partial charge in [0.2, 0.25) is 5.91 Å². The van der Waals surface area contributed by atoms with Crippen LogP contribution >= 0.6 is 11.6 Å². The van der Waals surface area contributed by atoms with Gasteiger partial charge in [-0.2, -0.15) is 0 Å². The van der Waals surface area contributed by atoms with Gasteiger partial charge in [-0.3, -0.25) is 9.59 Å². The number of benzene rings is 2. The van der Waals surface area contributed by atoms with E-state index in [2.05, 4.69) is 22.3 Å². The summed E-state index contributed by atoms with van der Waals surface area (Å²) in [5, 5.41) is 3.37. The fourth-order valence-electron chi connectivity index (χ4n) is 3.00. The highest BCUT2D eigenvalue weighted by Crippen LogP contribution is 2.15. The zero-order chi connectivity index (χ0) is 18.4. The first-order valence-corrected chi connectivity index (χ1v) is 9.13. The molecule has 3 rings (SSSR count). The van der Waals surface area contributed by atoms with Gasteiger partial charge in [-0.15, -0.1) is 0 Å². The highest BCUT2D eigenvalue weighted by atomic mass is 35.5. The number of carbonyl (C=O) groups excluding carboxylic acids is 2. The molecule has 0 radical (unpaired) electrons. The fraction of sp³-hybridized carbons (Fsp3) is 0.300. The number of amides is 2. The summed E-state index contributed by atoms with van der Waals surface area (Å²) < 4.78 is 0. The molecular weight excluding hydrogens is 350 g/mol. The second-order valence-electron chi connectivity index (χ2n) is 6.22. The molecule has 0 unspecified atom stereocenters. The van der Waals surface area contributed by atoms with E-state index >= 15 is 0 Å². The Hall–Kier alpha value is -2.53. The summed E-state index contributed by atoms with van der Waals surface area (Å²) in [5.74, 6) is -0.113. The Morgan fingerprint density at radius 3 is 2.23 bits per heavy atom. The van der Waals surface area contributed by atoms with E-state index in [0.717, 1.165) is 13.1 Å². The lowest BCUT2D eigenvalue weighted by Gasteiger charge is -2.36. The van der Waals surface area contributed by atoms with Crippen molar-refractivity contribution in [3.63, 3.8) is 0 Å². The first kappa shape index (κ1) is 18.3. The molecule has 1 N–H and O–H groups in total. The molecule has 0 spiro atoms. The first-order valence-electron chi connectivity index (χ1n) is 8.75. The molecule has 26 heavy (non-hydrogen) atoms. The van der Waals surface area contributed by atoms with Crippen LogP contribution in [0.5, 0.6) is 0 Å². The van der Waals surface area contributed by atoms with Gasteiger partial charge >= 0.3 is 0 Å². The van der Waals surface area contributed by atoms with Crippen LogP contribution < -0.4 is 10.2 Å². The highest BCUT2D eigenvalue weighted by molar-refractivity contribution is 6.30. The van der Waals surface area contributed by atoms with E-state index in [1.807, 2.05) is 23.1 Å². The third-order valence-electron chi connectivity index (χ3n) is 4.48. The van der Waals surface area contributed by atoms with Crippen LogP contribution in [0.3, 0.4) is 0 Å². The molecule has 2 amide bonds. The van der Waals surface area contributed by atoms with Crippen molar-refractivity contribution in [2.75, 3.05) is 37.6 Å². The lowest BCUT2D eigenvalue weighted by molar-refractivity contribution is -0.131. The van der Waals surface area contributed by atoms with Gasteiger partial charge in [0, 0.05) is 55.4 Å². The van der Waals surface area contributed by atoms with E-state index in [4.69, 9.17) is 11.6 Å². The largest absolute Gasteiger partial charge is 0.368 e. The number of halogens is 1. The molecule has 0 bridgehead atoms. The van der Waals surface area contributed by atoms with E-state index in [9.17, 15) is 9.59 Å². The van der Waals surface area contributed by atoms with Gasteiger partial charge in [0.05, 0.1) is 0 Å². The summed E-state index contributed by atoms with van der Waals surface area (Å²) in [5.41, 5.74) is 1.73. The van der Waals surface area contributed by atoms with Gasteiger partial charge in [-0.25, -0.2) is 0 Å². The summed E-state index contributed by atoms with van der Waals surface area (Å²) in [4.78, 5) is 28.5. The summed E-state index contributed by atoms with van der Waals surface area (Å²) in [6.45, 7) is 3.40. The number of anilines is 1. The molecule has 1 heterocycles. The smallest absolute Gasteiger partial charge is 0.251 e. The molecular formula is C20H22ClN3O2. The molecule has 0 atom stereocenters. The molecule has 1 aliphatic heterocycles. The van der Waals surface area contributed by atoms with Crippen molar-refractivity contribution in [1.82, 2.24) is 10.2 Å². The SMILES string of the molecule is O=C(NCCC(=O)N1CCN(c2ccccc2)CC1)c1ccc(Cl)cc1. The number of hydrogen-bond donors (Lipinski definition) is 1. The van der Waals surface area contributed by atoms with Crippen molar-refractivity contribution in [3.05, 3.63) is 65.2 Å². The maximum absolute atomic E-state index is 12.3. The molecule has 1 fully saturated rings. The quantitative estimate of drug-likeness (QED) is 0.879. The number of rotatable bonds is 5. The maximum atomic E-state index is 12.3. The maximum Gasteiger partial charge on any atom is 0.251 e. The molecule has 5 nitrogen and oxygen atoms in total. The molecule has 6 heteroatoms. The molecule has 0 saturated carbocycles. The van der Waals surface area contributed by atoms with E-state index in [-0.39, 0.29) is 11.8 Å². The zero-order valence-corrected chi connectivity index (χ0v) is 15.3. The average Bonchev–Trinajstić information content (AvgIpc) is 2.69. The Morgan fingerprint density at radius 1 is 0.923 bits per heavy atom. The van der Waals surface area contributed by atoms with Crippen molar-refractivity contribution >= 4 is 29.1 Å². The first-order chi connectivity index (χ1) is 12.6. The van der Waals surface area contributed by atoms with Crippen LogP contribution in [0.25, 0.3) is 0 Å². The number of nitrogens with zero attached hydrogens (tertiary/aromatic N) is 2. The second-order valence-corrected chi connectivity index (χ2v) is 6.65. The van der Waals surface area contributed by atoms with E-state index < -0.39 is 0 Å². The van der Waals surface area contributed by atoms with Gasteiger partial charge < -0.3 is 15.1 Å². The number of carbonyl (C=O) groups is 2. The Bertz CT molecular complexity index is 741. The lowest BCUT2D eigenvalue weighted by atomic mass is 10.2. The molecule has 1 saturated heterocycles. The Balaban J connectivity index is 1.40. The molecule has 0 aliphatic carbocycles. The van der Waals surface area contributed by atoms with Gasteiger partial charge in [-0.05, 0) is 36.4 Å². The van der Waals surface area contributed by atoms with Crippen LogP contribution in [-0.2, 0) is 4.79 Å². The summed E-state index contributed by atoms with van der Waals surface area (Å²) in [7, 11) is 0. The van der Waals surface area contributed by atoms with E-state index in [1.165, 1.54) is 5.69 Å². The number of piperazine rings is 1. The molecule has 2 aromatic rings. The molecule has 0 aromatic heterocycles. The standard InChI is InChI=1S/C20H22ClN3O2/c21-17-8-6-16(7-9-17)20(26)22-11-10-19(25)24-14-12-23(13-15-24)18-4-2-1-3-5-18/h1-9H,10-15H2,(H,22,26). The Kier molecular flexibility index (Phi) is 6.12. The third-order valence-corrected chi connectivity index (χ3v) is 4.74. The second kappa shape index (κ2) is 8.72. The number of nitrogens with one attached hydrogen (secondary N) is 1. The normalized spacial score (nSPS) is 14.2. The fourth-order valence-corrected chi connectivity index (χ4v) is 3.12. The van der Waals surface area contributed by atoms with Gasteiger partial charge in [0.1, 0.15) is 0 Å². The predicted octanol–water partition coefficient (Wildman–Crippen LogP) is 2.81. The highest BCUT2D eigenvalue weighted by Gasteiger charge is 2.21. The minimum Gasteiger partial charge on any atom is -0.368 e. The minimum absolute atomic E-state index is 0.0779. The van der Waals surface area contributed by atoms with Crippen molar-refractivity contribution in [2.45, 2.75) is 6.42 Å². The van der Waals surface area contributed by atoms with Crippen LogP contribution in [0, 0.1) is 0 Å². The van der Waals surface area contributed by atoms with Crippen molar-refractivity contribution in [3.8, 4) is 0 Å². The minimum atomic E-state index is -0.191. The van der Waals surface area contributed by atoms with Crippen LogP contribution in [0.4, 0.5) is 5.69 Å². The Labute approximate surface area is 158 Å². The lowest BCUT2D eigenvalue weighted by Crippen LogP contribution is -2.49. The monoisotopic (exact) mass is 371 g/mol. The Morgan fingerprint density at radius 2 is 1.58 bits per heavy atom. The van der Waals surface area contributed by atoms with Crippen LogP contribution in [0.1, 0.15) is 16.8 Å². The van der Waals surface area contributed by atoms with Crippen molar-refractivity contribution < 1.29 is 9.59 Å². The summed E-state index contributed by atoms with van der Waals surface area (Å²) in [6.07, 6.45) is 0.310. The van der Waals surface area contributed by atoms with Crippen molar-refractivity contribution in [2.24, 2.45) is 0 Å².